The largest absolute Gasteiger partial charge is 0.368 e. The summed E-state index contributed by atoms with van der Waals surface area (Å²) in [4.78, 5) is 49.9. The van der Waals surface area contributed by atoms with Crippen molar-refractivity contribution in [2.75, 3.05) is 36.0 Å². The molecule has 0 radical (unpaired) electrons. The van der Waals surface area contributed by atoms with E-state index in [4.69, 9.17) is 5.26 Å². The Bertz CT molecular complexity index is 1850. The molecule has 3 heterocycles. The molecule has 5 aromatic rings. The van der Waals surface area contributed by atoms with Crippen LogP contribution < -0.4 is 9.80 Å². The van der Waals surface area contributed by atoms with Crippen molar-refractivity contribution in [1.82, 2.24) is 14.5 Å². The van der Waals surface area contributed by atoms with Crippen LogP contribution in [0.25, 0.3) is 0 Å². The van der Waals surface area contributed by atoms with E-state index in [1.165, 1.54) is 11.3 Å². The van der Waals surface area contributed by atoms with Crippen molar-refractivity contribution in [3.63, 3.8) is 0 Å². The third-order valence-corrected chi connectivity index (χ3v) is 9.25. The van der Waals surface area contributed by atoms with Crippen LogP contribution in [0.1, 0.15) is 49.7 Å². The minimum Gasteiger partial charge on any atom is -0.368 e. The molecule has 0 unspecified atom stereocenters. The van der Waals surface area contributed by atoms with E-state index in [9.17, 15) is 14.4 Å². The number of nitrogens with zero attached hydrogens (tertiary/aromatic N) is 6. The zero-order valence-electron chi connectivity index (χ0n) is 25.9. The van der Waals surface area contributed by atoms with Crippen LogP contribution in [0.2, 0.25) is 0 Å². The highest BCUT2D eigenvalue weighted by Crippen LogP contribution is 2.26. The van der Waals surface area contributed by atoms with Gasteiger partial charge in [-0.3, -0.25) is 14.4 Å². The van der Waals surface area contributed by atoms with Crippen LogP contribution >= 0.6 is 11.3 Å². The molecule has 47 heavy (non-hydrogen) atoms. The molecule has 1 aliphatic rings. The molecule has 1 fully saturated rings. The molecular weight excluding hydrogens is 609 g/mol. The number of aromatic nitrogens is 2. The lowest BCUT2D eigenvalue weighted by molar-refractivity contribution is -0.131. The van der Waals surface area contributed by atoms with E-state index in [0.29, 0.717) is 55.3 Å². The van der Waals surface area contributed by atoms with Gasteiger partial charge >= 0.3 is 0 Å². The van der Waals surface area contributed by atoms with E-state index in [-0.39, 0.29) is 30.4 Å². The van der Waals surface area contributed by atoms with Crippen LogP contribution in [0.5, 0.6) is 0 Å². The summed E-state index contributed by atoms with van der Waals surface area (Å²) >= 11 is 1.41. The lowest BCUT2D eigenvalue weighted by Gasteiger charge is -2.36. The van der Waals surface area contributed by atoms with Gasteiger partial charge in [0, 0.05) is 68.7 Å². The van der Waals surface area contributed by atoms with Crippen LogP contribution in [0.15, 0.2) is 109 Å². The van der Waals surface area contributed by atoms with E-state index < -0.39 is 0 Å². The Morgan fingerprint density at radius 1 is 0.851 bits per heavy atom. The molecule has 2 amide bonds. The molecule has 0 N–H and O–H groups in total. The summed E-state index contributed by atoms with van der Waals surface area (Å²) in [6.07, 6.45) is 3.99. The molecule has 0 spiro atoms. The van der Waals surface area contributed by atoms with Gasteiger partial charge in [-0.1, -0.05) is 36.4 Å². The molecular formula is C37H34N6O3S. The van der Waals surface area contributed by atoms with Gasteiger partial charge < -0.3 is 19.3 Å². The molecule has 236 valence electrons. The number of carbonyl (C=O) groups is 3. The van der Waals surface area contributed by atoms with Crippen molar-refractivity contribution < 1.29 is 14.4 Å². The Morgan fingerprint density at radius 3 is 2.28 bits per heavy atom. The molecule has 10 heteroatoms. The molecule has 0 saturated carbocycles. The van der Waals surface area contributed by atoms with E-state index in [2.05, 4.69) is 16.0 Å². The number of thiophene rings is 1. The quantitative estimate of drug-likeness (QED) is 0.163. The molecule has 2 aromatic heterocycles. The van der Waals surface area contributed by atoms with Gasteiger partial charge in [0.2, 0.25) is 5.91 Å². The topological polar surface area (TPSA) is 103 Å². The fourth-order valence-electron chi connectivity index (χ4n) is 5.68. The molecule has 1 aliphatic heterocycles. The molecule has 9 nitrogen and oxygen atoms in total. The van der Waals surface area contributed by atoms with Crippen molar-refractivity contribution in [2.45, 2.75) is 25.9 Å². The number of nitriles is 1. The maximum Gasteiger partial charge on any atom is 0.258 e. The van der Waals surface area contributed by atoms with Gasteiger partial charge in [-0.2, -0.15) is 5.26 Å². The van der Waals surface area contributed by atoms with E-state index in [1.807, 2.05) is 87.6 Å². The van der Waals surface area contributed by atoms with Gasteiger partial charge in [0.05, 0.1) is 35.1 Å². The smallest absolute Gasteiger partial charge is 0.258 e. The first kappa shape index (κ1) is 31.5. The minimum absolute atomic E-state index is 0.0124. The maximum atomic E-state index is 13.9. The predicted molar refractivity (Wildman–Crippen MR) is 183 cm³/mol. The summed E-state index contributed by atoms with van der Waals surface area (Å²) in [6.45, 7) is 3.44. The van der Waals surface area contributed by atoms with Gasteiger partial charge in [-0.25, -0.2) is 4.98 Å². The lowest BCUT2D eigenvalue weighted by Crippen LogP contribution is -2.48. The second-order valence-electron chi connectivity index (χ2n) is 11.4. The molecule has 0 atom stereocenters. The Kier molecular flexibility index (Phi) is 9.84. The molecule has 1 saturated heterocycles. The molecule has 3 aromatic carbocycles. The summed E-state index contributed by atoms with van der Waals surface area (Å²) in [5.41, 5.74) is 4.89. The highest BCUT2D eigenvalue weighted by Gasteiger charge is 2.24. The number of rotatable bonds is 11. The van der Waals surface area contributed by atoms with Gasteiger partial charge in [0.15, 0.2) is 5.78 Å². The van der Waals surface area contributed by atoms with Crippen molar-refractivity contribution >= 4 is 40.3 Å². The van der Waals surface area contributed by atoms with Crippen LogP contribution in [-0.2, 0) is 17.9 Å². The maximum absolute atomic E-state index is 13.9. The second kappa shape index (κ2) is 14.7. The van der Waals surface area contributed by atoms with Gasteiger partial charge in [-0.15, -0.1) is 11.3 Å². The van der Waals surface area contributed by atoms with Crippen LogP contribution in [-0.4, -0.2) is 58.2 Å². The number of hydrogen-bond donors (Lipinski definition) is 0. The lowest BCUT2D eigenvalue weighted by atomic mass is 10.1. The number of Topliss-reactive ketones (excluding diaryl/α,β-unsaturated/α-hetero) is 1. The van der Waals surface area contributed by atoms with E-state index >= 15 is 0 Å². The SMILES string of the molecule is N#Cc1ccc(Cn2cncc2CN(C(=O)c2ccccc2)c2ccc(N3CCN(C(=O)CCC(=O)c4cccs4)CC3)cc2)cc1. The van der Waals surface area contributed by atoms with Crippen LogP contribution in [0.4, 0.5) is 11.4 Å². The third-order valence-electron chi connectivity index (χ3n) is 8.34. The minimum atomic E-state index is -0.117. The first-order chi connectivity index (χ1) is 23.0. The Morgan fingerprint density at radius 2 is 1.60 bits per heavy atom. The number of benzene rings is 3. The summed E-state index contributed by atoms with van der Waals surface area (Å²) < 4.78 is 2.01. The van der Waals surface area contributed by atoms with Crippen molar-refractivity contribution in [3.8, 4) is 6.07 Å². The number of imidazole rings is 1. The normalized spacial score (nSPS) is 12.8. The number of ketones is 1. The molecule has 0 aliphatic carbocycles. The Hall–Kier alpha value is -5.53. The zero-order valence-corrected chi connectivity index (χ0v) is 26.7. The summed E-state index contributed by atoms with van der Waals surface area (Å²) in [5.74, 6) is -0.0878. The van der Waals surface area contributed by atoms with Gasteiger partial charge in [-0.05, 0) is 65.5 Å². The van der Waals surface area contributed by atoms with Gasteiger partial charge in [0.1, 0.15) is 0 Å². The first-order valence-electron chi connectivity index (χ1n) is 15.5. The zero-order chi connectivity index (χ0) is 32.6. The number of carbonyl (C=O) groups excluding carboxylic acids is 3. The van der Waals surface area contributed by atoms with Crippen molar-refractivity contribution in [2.24, 2.45) is 0 Å². The van der Waals surface area contributed by atoms with E-state index in [0.717, 1.165) is 22.6 Å². The predicted octanol–water partition coefficient (Wildman–Crippen LogP) is 6.02. The first-order valence-corrected chi connectivity index (χ1v) is 16.4. The van der Waals surface area contributed by atoms with Crippen molar-refractivity contribution in [3.05, 3.63) is 136 Å². The number of amides is 2. The Balaban J connectivity index is 1.12. The number of piperazine rings is 1. The number of hydrogen-bond acceptors (Lipinski definition) is 7. The highest BCUT2D eigenvalue weighted by atomic mass is 32.1. The fourth-order valence-corrected chi connectivity index (χ4v) is 6.37. The Labute approximate surface area is 277 Å². The van der Waals surface area contributed by atoms with Crippen LogP contribution in [0, 0.1) is 11.3 Å². The standard InChI is InChI=1S/C37H34N6O3S/c38-23-28-8-10-29(11-9-28)25-42-27-39-24-33(42)26-43(37(46)30-5-2-1-3-6-30)32-14-12-31(13-15-32)40-18-20-41(21-19-40)36(45)17-16-34(44)35-7-4-22-47-35/h1-15,22,24,27H,16-21,25-26H2. The summed E-state index contributed by atoms with van der Waals surface area (Å²) in [7, 11) is 0. The highest BCUT2D eigenvalue weighted by molar-refractivity contribution is 7.12. The monoisotopic (exact) mass is 642 g/mol. The molecule has 6 rings (SSSR count). The number of anilines is 2. The van der Waals surface area contributed by atoms with E-state index in [1.54, 1.807) is 35.6 Å². The summed E-state index contributed by atoms with van der Waals surface area (Å²) in [5, 5.41) is 11.0. The average Bonchev–Trinajstić information content (AvgIpc) is 3.83. The summed E-state index contributed by atoms with van der Waals surface area (Å²) in [6, 6.07) is 30.4. The fraction of sp³-hybridized carbons (Fsp3) is 0.216. The van der Waals surface area contributed by atoms with Crippen molar-refractivity contribution in [1.29, 1.82) is 5.26 Å². The third kappa shape index (κ3) is 7.65. The molecule has 0 bridgehead atoms. The van der Waals surface area contributed by atoms with Gasteiger partial charge in [0.25, 0.3) is 5.91 Å². The van der Waals surface area contributed by atoms with Crippen LogP contribution in [0.3, 0.4) is 0 Å². The average molecular weight is 643 g/mol. The second-order valence-corrected chi connectivity index (χ2v) is 12.3.